The average molecular weight is 249 g/mol. The highest BCUT2D eigenvalue weighted by atomic mass is 32.2. The lowest BCUT2D eigenvalue weighted by molar-refractivity contribution is -0.680. The Morgan fingerprint density at radius 1 is 1.12 bits per heavy atom. The number of allylic oxidation sites excluding steroid dienone is 2. The van der Waals surface area contributed by atoms with E-state index in [1.807, 2.05) is 30.3 Å². The van der Waals surface area contributed by atoms with E-state index in [9.17, 15) is 13.6 Å². The van der Waals surface area contributed by atoms with Gasteiger partial charge < -0.3 is 10.3 Å². The lowest BCUT2D eigenvalue weighted by atomic mass is 10.0. The topological polar surface area (TPSA) is 61.6 Å². The van der Waals surface area contributed by atoms with Crippen molar-refractivity contribution in [2.45, 2.75) is 6.42 Å². The van der Waals surface area contributed by atoms with Crippen LogP contribution in [0, 0.1) is 5.21 Å². The summed E-state index contributed by atoms with van der Waals surface area (Å²) < 4.78 is 21.4. The van der Waals surface area contributed by atoms with E-state index in [2.05, 4.69) is 0 Å². The monoisotopic (exact) mass is 249 g/mol. The molecule has 2 rings (SSSR count). The number of rotatable bonds is 2. The molecule has 1 unspecified atom stereocenters. The van der Waals surface area contributed by atoms with Crippen molar-refractivity contribution in [2.24, 2.45) is 0 Å². The summed E-state index contributed by atoms with van der Waals surface area (Å²) in [5.41, 5.74) is 1.90. The molecule has 0 saturated carbocycles. The third-order valence-electron chi connectivity index (χ3n) is 2.44. The number of hydrogen-bond donors (Lipinski definition) is 1. The molecule has 4 nitrogen and oxygen atoms in total. The number of quaternary nitrogens is 1. The Labute approximate surface area is 101 Å². The normalized spacial score (nSPS) is 19.0. The maximum atomic E-state index is 11.5. The molecule has 88 valence electrons. The van der Waals surface area contributed by atoms with Crippen molar-refractivity contribution < 1.29 is 13.5 Å². The van der Waals surface area contributed by atoms with Crippen molar-refractivity contribution in [3.63, 3.8) is 0 Å². The van der Waals surface area contributed by atoms with Gasteiger partial charge in [0.25, 0.3) is 15.3 Å². The molecule has 0 aliphatic carbocycles. The summed E-state index contributed by atoms with van der Waals surface area (Å²) in [7, 11) is -2.46. The number of benzene rings is 1. The van der Waals surface area contributed by atoms with Gasteiger partial charge in [-0.2, -0.15) is 8.42 Å². The Morgan fingerprint density at radius 3 is 2.41 bits per heavy atom. The van der Waals surface area contributed by atoms with Crippen molar-refractivity contribution in [2.75, 3.05) is 0 Å². The summed E-state index contributed by atoms with van der Waals surface area (Å²) >= 11 is 0. The molecule has 0 radical (unpaired) electrons. The van der Waals surface area contributed by atoms with Gasteiger partial charge >= 0.3 is 0 Å². The molecule has 1 aromatic rings. The fraction of sp³-hybridized carbons (Fsp3) is 0.0833. The predicted octanol–water partition coefficient (Wildman–Crippen LogP) is 0.0745. The van der Waals surface area contributed by atoms with Gasteiger partial charge in [0.1, 0.15) is 6.20 Å². The van der Waals surface area contributed by atoms with Crippen LogP contribution in [0.5, 0.6) is 0 Å². The second-order valence-electron chi connectivity index (χ2n) is 3.68. The first kappa shape index (κ1) is 11.8. The van der Waals surface area contributed by atoms with Gasteiger partial charge in [-0.05, 0) is 11.6 Å². The van der Waals surface area contributed by atoms with Gasteiger partial charge in [0, 0.05) is 18.1 Å². The first-order chi connectivity index (χ1) is 8.16. The molecule has 1 aromatic carbocycles. The van der Waals surface area contributed by atoms with Crippen LogP contribution in [0.2, 0.25) is 0 Å². The molecular formula is C12H11NO3S. The van der Waals surface area contributed by atoms with Gasteiger partial charge in [-0.25, -0.2) is 0 Å². The maximum absolute atomic E-state index is 11.5. The lowest BCUT2D eigenvalue weighted by Gasteiger charge is -2.19. The molecule has 0 fully saturated rings. The molecule has 1 atom stereocenters. The van der Waals surface area contributed by atoms with Crippen LogP contribution in [0.3, 0.4) is 0 Å². The minimum atomic E-state index is -2.46. The highest BCUT2D eigenvalue weighted by Gasteiger charge is 2.12. The summed E-state index contributed by atoms with van der Waals surface area (Å²) in [6.07, 6.45) is 5.02. The Morgan fingerprint density at radius 2 is 1.82 bits per heavy atom. The van der Waals surface area contributed by atoms with Gasteiger partial charge in [0.15, 0.2) is 0 Å². The molecule has 17 heavy (non-hydrogen) atoms. The van der Waals surface area contributed by atoms with Crippen LogP contribution in [0.4, 0.5) is 0 Å². The minimum Gasteiger partial charge on any atom is -0.623 e. The molecule has 0 aromatic heterocycles. The second kappa shape index (κ2) is 5.09. The van der Waals surface area contributed by atoms with E-state index in [-0.39, 0.29) is 4.99 Å². The predicted molar refractivity (Wildman–Crippen MR) is 65.6 cm³/mol. The van der Waals surface area contributed by atoms with Gasteiger partial charge in [-0.1, -0.05) is 30.3 Å². The molecule has 0 saturated heterocycles. The molecule has 0 bridgehead atoms. The molecule has 5 heteroatoms. The van der Waals surface area contributed by atoms with Gasteiger partial charge in [-0.15, -0.1) is 0 Å². The van der Waals surface area contributed by atoms with Crippen molar-refractivity contribution in [1.82, 2.24) is 0 Å². The molecular weight excluding hydrogens is 238 g/mol. The molecule has 1 N–H and O–H groups in total. The van der Waals surface area contributed by atoms with Crippen molar-refractivity contribution in [3.8, 4) is 0 Å². The molecule has 1 aliphatic rings. The number of nitrogens with one attached hydrogen (secondary N) is 1. The van der Waals surface area contributed by atoms with Crippen LogP contribution in [0.25, 0.3) is 0 Å². The fourth-order valence-corrected chi connectivity index (χ4v) is 2.03. The smallest absolute Gasteiger partial charge is 0.276 e. The molecule has 0 amide bonds. The van der Waals surface area contributed by atoms with Gasteiger partial charge in [0.2, 0.25) is 0 Å². The SMILES string of the molecule is O=S(=O)=C1C=CC(Cc2ccccc2)=C[NH+]1[O-]. The van der Waals surface area contributed by atoms with Crippen LogP contribution in [0.15, 0.2) is 54.3 Å². The van der Waals surface area contributed by atoms with E-state index in [1.54, 1.807) is 6.08 Å². The van der Waals surface area contributed by atoms with Crippen molar-refractivity contribution in [3.05, 3.63) is 65.0 Å². The van der Waals surface area contributed by atoms with E-state index in [4.69, 9.17) is 0 Å². The van der Waals surface area contributed by atoms with E-state index < -0.39 is 15.4 Å². The third kappa shape index (κ3) is 2.91. The van der Waals surface area contributed by atoms with Gasteiger partial charge in [0.05, 0.1) is 0 Å². The van der Waals surface area contributed by atoms with E-state index >= 15 is 0 Å². The highest BCUT2D eigenvalue weighted by Crippen LogP contribution is 2.09. The number of hydrogen-bond acceptors (Lipinski definition) is 3. The van der Waals surface area contributed by atoms with Crippen LogP contribution < -0.4 is 5.06 Å². The van der Waals surface area contributed by atoms with Crippen LogP contribution in [-0.4, -0.2) is 13.4 Å². The summed E-state index contributed by atoms with van der Waals surface area (Å²) in [6, 6.07) is 9.70. The lowest BCUT2D eigenvalue weighted by Crippen LogP contribution is -3.05. The van der Waals surface area contributed by atoms with Crippen LogP contribution in [0.1, 0.15) is 5.56 Å². The second-order valence-corrected chi connectivity index (χ2v) is 4.59. The zero-order chi connectivity index (χ0) is 12.3. The van der Waals surface area contributed by atoms with Crippen LogP contribution >= 0.6 is 0 Å². The molecule has 1 heterocycles. The van der Waals surface area contributed by atoms with Crippen molar-refractivity contribution in [1.29, 1.82) is 0 Å². The minimum absolute atomic E-state index is 0.179. The Bertz CT molecular complexity index is 592. The summed E-state index contributed by atoms with van der Waals surface area (Å²) in [4.78, 5) is -0.179. The summed E-state index contributed by atoms with van der Waals surface area (Å²) in [5, 5.41) is 11.0. The third-order valence-corrected chi connectivity index (χ3v) is 3.14. The Kier molecular flexibility index (Phi) is 3.53. The Hall–Kier alpha value is -1.69. The standard InChI is InChI=1S/C12H11NO3S/c14-13-9-11(6-7-12(13)17(15)16)8-10-4-2-1-3-5-10/h1-7,9,13H,8H2. The average Bonchev–Trinajstić information content (AvgIpc) is 2.30. The Balaban J connectivity index is 2.20. The first-order valence-electron chi connectivity index (χ1n) is 5.10. The van der Waals surface area contributed by atoms with Crippen molar-refractivity contribution >= 4 is 15.3 Å². The maximum Gasteiger partial charge on any atom is 0.276 e. The van der Waals surface area contributed by atoms with E-state index in [1.165, 1.54) is 12.3 Å². The van der Waals surface area contributed by atoms with Gasteiger partial charge in [-0.3, -0.25) is 0 Å². The quantitative estimate of drug-likeness (QED) is 0.596. The first-order valence-corrected chi connectivity index (χ1v) is 6.17. The number of hydroxylamine groups is 2. The zero-order valence-electron chi connectivity index (χ0n) is 8.96. The fourth-order valence-electron chi connectivity index (χ4n) is 1.63. The highest BCUT2D eigenvalue weighted by molar-refractivity contribution is 7.72. The van der Waals surface area contributed by atoms with Crippen LogP contribution in [-0.2, 0) is 16.7 Å². The largest absolute Gasteiger partial charge is 0.623 e. The van der Waals surface area contributed by atoms with E-state index in [0.717, 1.165) is 11.1 Å². The summed E-state index contributed by atoms with van der Waals surface area (Å²) in [6.45, 7) is 0. The molecule has 1 aliphatic heterocycles. The zero-order valence-corrected chi connectivity index (χ0v) is 9.78. The molecule has 0 spiro atoms. The summed E-state index contributed by atoms with van der Waals surface area (Å²) in [5.74, 6) is 0. The van der Waals surface area contributed by atoms with E-state index in [0.29, 0.717) is 6.42 Å².